The summed E-state index contributed by atoms with van der Waals surface area (Å²) in [5, 5.41) is 2.61. The number of nitrogens with zero attached hydrogens (tertiary/aromatic N) is 4. The largest absolute Gasteiger partial charge is 0.368 e. The Morgan fingerprint density at radius 1 is 1.19 bits per heavy atom. The van der Waals surface area contributed by atoms with Crippen molar-refractivity contribution in [2.24, 2.45) is 0 Å². The molecule has 7 heteroatoms. The van der Waals surface area contributed by atoms with Crippen molar-refractivity contribution in [1.29, 1.82) is 0 Å². The molecule has 1 aliphatic carbocycles. The third-order valence-electron chi connectivity index (χ3n) is 6.10. The summed E-state index contributed by atoms with van der Waals surface area (Å²) < 4.78 is 0. The molecule has 0 radical (unpaired) electrons. The smallest absolute Gasteiger partial charge is 0.269 e. The molecular formula is C24H29N5O2. The minimum absolute atomic E-state index is 0.166. The van der Waals surface area contributed by atoms with Gasteiger partial charge in [-0.05, 0) is 48.3 Å². The van der Waals surface area contributed by atoms with E-state index in [1.807, 2.05) is 32.2 Å². The highest BCUT2D eigenvalue weighted by atomic mass is 16.1. The number of nitrogens with one attached hydrogen (secondary N) is 1. The number of hydrogen-bond donors (Lipinski definition) is 1. The van der Waals surface area contributed by atoms with Crippen LogP contribution < -0.4 is 10.2 Å². The molecule has 1 amide bonds. The Kier molecular flexibility index (Phi) is 6.13. The number of pyridine rings is 2. The van der Waals surface area contributed by atoms with E-state index in [0.29, 0.717) is 12.1 Å². The molecule has 162 valence electrons. The Morgan fingerprint density at radius 2 is 1.97 bits per heavy atom. The van der Waals surface area contributed by atoms with Crippen molar-refractivity contribution < 1.29 is 9.59 Å². The molecule has 0 bridgehead atoms. The van der Waals surface area contributed by atoms with Gasteiger partial charge in [0.1, 0.15) is 5.69 Å². The van der Waals surface area contributed by atoms with Crippen LogP contribution in [0.4, 0.5) is 5.69 Å². The van der Waals surface area contributed by atoms with E-state index in [0.717, 1.165) is 72.9 Å². The molecule has 2 aromatic rings. The highest BCUT2D eigenvalue weighted by Gasteiger charge is 2.22. The highest BCUT2D eigenvalue weighted by molar-refractivity contribution is 6.03. The molecule has 3 heterocycles. The van der Waals surface area contributed by atoms with Gasteiger partial charge in [-0.2, -0.15) is 0 Å². The minimum atomic E-state index is -0.166. The number of fused-ring (bicyclic) bond motifs is 1. The summed E-state index contributed by atoms with van der Waals surface area (Å²) in [5.74, 6) is 0.0511. The number of anilines is 1. The molecular weight excluding hydrogens is 390 g/mol. The van der Waals surface area contributed by atoms with Gasteiger partial charge in [-0.1, -0.05) is 13.0 Å². The molecule has 1 fully saturated rings. The van der Waals surface area contributed by atoms with Gasteiger partial charge in [-0.3, -0.25) is 19.5 Å². The Bertz CT molecular complexity index is 1040. The van der Waals surface area contributed by atoms with Crippen LogP contribution in [-0.2, 0) is 17.8 Å². The Morgan fingerprint density at radius 3 is 2.65 bits per heavy atom. The summed E-state index contributed by atoms with van der Waals surface area (Å²) in [4.78, 5) is 37.8. The van der Waals surface area contributed by atoms with Crippen LogP contribution in [-0.4, -0.2) is 59.8 Å². The molecule has 1 saturated heterocycles. The lowest BCUT2D eigenvalue weighted by Gasteiger charge is -2.36. The predicted molar refractivity (Wildman–Crippen MR) is 121 cm³/mol. The first kappa shape index (κ1) is 21.2. The molecule has 7 nitrogen and oxygen atoms in total. The SMILES string of the molecule is CCC1=Cc2ncc(CN3CCN(c4ccc(C(=O)NC)nc4C)CC3)cc2CC1=O. The molecule has 0 unspecified atom stereocenters. The van der Waals surface area contributed by atoms with Crippen LogP contribution in [0.1, 0.15) is 46.3 Å². The average Bonchev–Trinajstić information content (AvgIpc) is 2.78. The summed E-state index contributed by atoms with van der Waals surface area (Å²) in [6.07, 6.45) is 5.10. The first-order valence-corrected chi connectivity index (χ1v) is 10.9. The van der Waals surface area contributed by atoms with Crippen molar-refractivity contribution in [3.63, 3.8) is 0 Å². The molecule has 0 aromatic carbocycles. The second kappa shape index (κ2) is 8.98. The Balaban J connectivity index is 1.38. The fourth-order valence-electron chi connectivity index (χ4n) is 4.31. The van der Waals surface area contributed by atoms with Gasteiger partial charge in [0.25, 0.3) is 5.91 Å². The fraction of sp³-hybridized carbons (Fsp3) is 0.417. The van der Waals surface area contributed by atoms with Crippen molar-refractivity contribution >= 4 is 23.5 Å². The van der Waals surface area contributed by atoms with Crippen LogP contribution >= 0.6 is 0 Å². The van der Waals surface area contributed by atoms with Crippen molar-refractivity contribution in [3.8, 4) is 0 Å². The maximum Gasteiger partial charge on any atom is 0.269 e. The van der Waals surface area contributed by atoms with Gasteiger partial charge < -0.3 is 10.2 Å². The zero-order valence-corrected chi connectivity index (χ0v) is 18.4. The number of carbonyl (C=O) groups is 2. The second-order valence-corrected chi connectivity index (χ2v) is 8.15. The maximum atomic E-state index is 12.2. The van der Waals surface area contributed by atoms with Crippen molar-refractivity contribution in [2.75, 3.05) is 38.1 Å². The third kappa shape index (κ3) is 4.51. The molecule has 1 aliphatic heterocycles. The van der Waals surface area contributed by atoms with E-state index in [-0.39, 0.29) is 11.7 Å². The number of Topliss-reactive ketones (excluding diaryl/α,β-unsaturated/α-hetero) is 1. The number of amides is 1. The van der Waals surface area contributed by atoms with E-state index in [1.165, 1.54) is 0 Å². The number of aromatic nitrogens is 2. The lowest BCUT2D eigenvalue weighted by molar-refractivity contribution is -0.115. The van der Waals surface area contributed by atoms with Crippen molar-refractivity contribution in [2.45, 2.75) is 33.2 Å². The topological polar surface area (TPSA) is 78.4 Å². The molecule has 4 rings (SSSR count). The minimum Gasteiger partial charge on any atom is -0.368 e. The number of allylic oxidation sites excluding steroid dienone is 1. The van der Waals surface area contributed by atoms with Crippen LogP contribution in [0, 0.1) is 6.92 Å². The van der Waals surface area contributed by atoms with Crippen LogP contribution in [0.25, 0.3) is 6.08 Å². The molecule has 1 N–H and O–H groups in total. The lowest BCUT2D eigenvalue weighted by Crippen LogP contribution is -2.46. The van der Waals surface area contributed by atoms with Gasteiger partial charge in [-0.15, -0.1) is 0 Å². The Hall–Kier alpha value is -3.06. The monoisotopic (exact) mass is 419 g/mol. The summed E-state index contributed by atoms with van der Waals surface area (Å²) in [7, 11) is 1.61. The number of hydrogen-bond acceptors (Lipinski definition) is 6. The maximum absolute atomic E-state index is 12.2. The van der Waals surface area contributed by atoms with Crippen LogP contribution in [0.2, 0.25) is 0 Å². The fourth-order valence-corrected chi connectivity index (χ4v) is 4.31. The zero-order chi connectivity index (χ0) is 22.0. The second-order valence-electron chi connectivity index (χ2n) is 8.15. The number of carbonyl (C=O) groups excluding carboxylic acids is 2. The van der Waals surface area contributed by atoms with E-state index in [9.17, 15) is 9.59 Å². The number of piperazine rings is 1. The first-order valence-electron chi connectivity index (χ1n) is 10.9. The van der Waals surface area contributed by atoms with Crippen molar-refractivity contribution in [1.82, 2.24) is 20.2 Å². The predicted octanol–water partition coefficient (Wildman–Crippen LogP) is 2.39. The standard InChI is InChI=1S/C24H29N5O2/c1-4-18-12-21-19(13-23(18)30)11-17(14-26-21)15-28-7-9-29(10-8-28)22-6-5-20(24(31)25-3)27-16(22)2/h5-6,11-12,14H,4,7-10,13,15H2,1-3H3,(H,25,31). The van der Waals surface area contributed by atoms with E-state index < -0.39 is 0 Å². The summed E-state index contributed by atoms with van der Waals surface area (Å²) in [6.45, 7) is 8.48. The van der Waals surface area contributed by atoms with E-state index in [1.54, 1.807) is 13.1 Å². The van der Waals surface area contributed by atoms with E-state index in [2.05, 4.69) is 31.2 Å². The van der Waals surface area contributed by atoms with Crippen LogP contribution in [0.15, 0.2) is 30.0 Å². The van der Waals surface area contributed by atoms with Gasteiger partial charge in [0.2, 0.25) is 0 Å². The molecule has 2 aliphatic rings. The van der Waals surface area contributed by atoms with Gasteiger partial charge >= 0.3 is 0 Å². The van der Waals surface area contributed by atoms with Crippen molar-refractivity contribution in [3.05, 3.63) is 58.2 Å². The normalized spacial score (nSPS) is 16.7. The summed E-state index contributed by atoms with van der Waals surface area (Å²) in [6, 6.07) is 5.91. The van der Waals surface area contributed by atoms with Gasteiger partial charge in [0.15, 0.2) is 5.78 Å². The molecule has 2 aromatic heterocycles. The number of ketones is 1. The lowest BCUT2D eigenvalue weighted by atomic mass is 9.92. The van der Waals surface area contributed by atoms with E-state index >= 15 is 0 Å². The third-order valence-corrected chi connectivity index (χ3v) is 6.10. The van der Waals surface area contributed by atoms with Gasteiger partial charge in [-0.25, -0.2) is 4.98 Å². The van der Waals surface area contributed by atoms with E-state index in [4.69, 9.17) is 0 Å². The Labute approximate surface area is 183 Å². The van der Waals surface area contributed by atoms with Gasteiger partial charge in [0, 0.05) is 52.4 Å². The first-order chi connectivity index (χ1) is 15.0. The van der Waals surface area contributed by atoms with Crippen LogP contribution in [0.5, 0.6) is 0 Å². The quantitative estimate of drug-likeness (QED) is 0.802. The summed E-state index contributed by atoms with van der Waals surface area (Å²) >= 11 is 0. The molecule has 0 spiro atoms. The summed E-state index contributed by atoms with van der Waals surface area (Å²) in [5.41, 5.74) is 6.40. The molecule has 0 atom stereocenters. The molecule has 0 saturated carbocycles. The average molecular weight is 420 g/mol. The highest BCUT2D eigenvalue weighted by Crippen LogP contribution is 2.24. The molecule has 31 heavy (non-hydrogen) atoms. The van der Waals surface area contributed by atoms with Crippen LogP contribution in [0.3, 0.4) is 0 Å². The number of aryl methyl sites for hydroxylation is 1. The van der Waals surface area contributed by atoms with Gasteiger partial charge in [0.05, 0.1) is 17.1 Å². The number of rotatable bonds is 5. The zero-order valence-electron chi connectivity index (χ0n) is 18.4.